The highest BCUT2D eigenvalue weighted by Crippen LogP contribution is 2.44. The van der Waals surface area contributed by atoms with Gasteiger partial charge in [-0.15, -0.1) is 0 Å². The number of para-hydroxylation sites is 1. The van der Waals surface area contributed by atoms with Crippen molar-refractivity contribution in [2.45, 2.75) is 44.3 Å². The smallest absolute Gasteiger partial charge is 0.258 e. The molecule has 0 spiro atoms. The van der Waals surface area contributed by atoms with E-state index in [0.717, 1.165) is 18.4 Å². The van der Waals surface area contributed by atoms with Gasteiger partial charge in [-0.2, -0.15) is 0 Å². The number of fused-ring (bicyclic) bond motifs is 3. The Kier molecular flexibility index (Phi) is 5.18. The number of anilines is 1. The fourth-order valence-electron chi connectivity index (χ4n) is 5.30. The van der Waals surface area contributed by atoms with Crippen molar-refractivity contribution >= 4 is 46.6 Å². The third-order valence-electron chi connectivity index (χ3n) is 6.94. The molecular weight excluding hydrogens is 449 g/mol. The molecule has 0 aromatic heterocycles. The van der Waals surface area contributed by atoms with Gasteiger partial charge >= 0.3 is 0 Å². The zero-order valence-corrected chi connectivity index (χ0v) is 19.2. The summed E-state index contributed by atoms with van der Waals surface area (Å²) in [7, 11) is 0. The van der Waals surface area contributed by atoms with Crippen LogP contribution in [0.25, 0.3) is 0 Å². The maximum absolute atomic E-state index is 13.5. The summed E-state index contributed by atoms with van der Waals surface area (Å²) in [6.07, 6.45) is 2.53. The van der Waals surface area contributed by atoms with Crippen LogP contribution in [0.1, 0.15) is 54.6 Å². The van der Waals surface area contributed by atoms with Crippen LogP contribution in [-0.4, -0.2) is 46.3 Å². The van der Waals surface area contributed by atoms with Crippen molar-refractivity contribution in [3.05, 3.63) is 63.6 Å². The minimum atomic E-state index is -0.850. The molecule has 0 radical (unpaired) electrons. The molecule has 166 valence electrons. The molecule has 3 heterocycles. The van der Waals surface area contributed by atoms with Gasteiger partial charge < -0.3 is 9.80 Å². The maximum atomic E-state index is 13.5. The quantitative estimate of drug-likeness (QED) is 0.653. The first-order chi connectivity index (χ1) is 15.3. The largest absolute Gasteiger partial charge is 0.334 e. The second-order valence-electron chi connectivity index (χ2n) is 8.77. The number of hydrogen-bond acceptors (Lipinski definition) is 3. The van der Waals surface area contributed by atoms with E-state index in [-0.39, 0.29) is 30.3 Å². The number of carbonyl (C=O) groups is 3. The summed E-state index contributed by atoms with van der Waals surface area (Å²) in [6, 6.07) is 12.5. The Bertz CT molecular complexity index is 1140. The molecule has 2 atom stereocenters. The Morgan fingerprint density at radius 1 is 1.12 bits per heavy atom. The SMILES string of the molecule is CC12CCC(=O)N1c1ccccc1C(=O)N2CC(=O)N1CCCC1c1ccc(Cl)c(Cl)c1. The van der Waals surface area contributed by atoms with Crippen molar-refractivity contribution < 1.29 is 14.4 Å². The number of hydrogen-bond donors (Lipinski definition) is 0. The average Bonchev–Trinajstić information content (AvgIpc) is 3.38. The van der Waals surface area contributed by atoms with Gasteiger partial charge in [-0.25, -0.2) is 0 Å². The normalized spacial score (nSPS) is 24.7. The standard InChI is InChI=1S/C24H23Cl2N3O3/c1-24-11-10-21(30)29(24)20-6-3-2-5-16(20)23(32)28(24)14-22(31)27-12-4-7-19(27)15-8-9-17(25)18(26)13-15/h2-3,5-6,8-9,13,19H,4,7,10-12,14H2,1H3. The van der Waals surface area contributed by atoms with Crippen LogP contribution >= 0.6 is 23.2 Å². The molecule has 3 aliphatic heterocycles. The maximum Gasteiger partial charge on any atom is 0.258 e. The van der Waals surface area contributed by atoms with Crippen LogP contribution in [0.3, 0.4) is 0 Å². The Morgan fingerprint density at radius 2 is 1.91 bits per heavy atom. The van der Waals surface area contributed by atoms with Crippen molar-refractivity contribution in [1.29, 1.82) is 0 Å². The van der Waals surface area contributed by atoms with Crippen molar-refractivity contribution in [3.8, 4) is 0 Å². The van der Waals surface area contributed by atoms with Gasteiger partial charge in [0.2, 0.25) is 11.8 Å². The predicted molar refractivity (Wildman–Crippen MR) is 123 cm³/mol. The van der Waals surface area contributed by atoms with Gasteiger partial charge in [0.1, 0.15) is 12.2 Å². The molecule has 3 aliphatic rings. The van der Waals surface area contributed by atoms with E-state index in [1.165, 1.54) is 0 Å². The molecule has 32 heavy (non-hydrogen) atoms. The van der Waals surface area contributed by atoms with Gasteiger partial charge in [-0.05, 0) is 56.0 Å². The first kappa shape index (κ1) is 21.3. The van der Waals surface area contributed by atoms with Crippen LogP contribution in [0.2, 0.25) is 10.0 Å². The average molecular weight is 472 g/mol. The number of amides is 3. The van der Waals surface area contributed by atoms with Gasteiger partial charge in [-0.1, -0.05) is 41.4 Å². The highest BCUT2D eigenvalue weighted by molar-refractivity contribution is 6.42. The minimum absolute atomic E-state index is 0.0280. The van der Waals surface area contributed by atoms with Crippen molar-refractivity contribution in [2.75, 3.05) is 18.0 Å². The summed E-state index contributed by atoms with van der Waals surface area (Å²) < 4.78 is 0. The first-order valence-electron chi connectivity index (χ1n) is 10.8. The van der Waals surface area contributed by atoms with Crippen LogP contribution in [0.5, 0.6) is 0 Å². The van der Waals surface area contributed by atoms with E-state index in [1.54, 1.807) is 40.1 Å². The summed E-state index contributed by atoms with van der Waals surface area (Å²) >= 11 is 12.3. The van der Waals surface area contributed by atoms with E-state index in [0.29, 0.717) is 40.7 Å². The number of benzene rings is 2. The highest BCUT2D eigenvalue weighted by atomic mass is 35.5. The zero-order chi connectivity index (χ0) is 22.6. The van der Waals surface area contributed by atoms with E-state index >= 15 is 0 Å². The lowest BCUT2D eigenvalue weighted by Crippen LogP contribution is -2.64. The lowest BCUT2D eigenvalue weighted by molar-refractivity contribution is -0.134. The third-order valence-corrected chi connectivity index (χ3v) is 7.68. The molecule has 0 bridgehead atoms. The molecule has 2 aromatic carbocycles. The topological polar surface area (TPSA) is 60.9 Å². The van der Waals surface area contributed by atoms with Crippen molar-refractivity contribution in [2.24, 2.45) is 0 Å². The summed E-state index contributed by atoms with van der Waals surface area (Å²) in [4.78, 5) is 44.8. The van der Waals surface area contributed by atoms with Gasteiger partial charge in [0, 0.05) is 13.0 Å². The van der Waals surface area contributed by atoms with Crippen LogP contribution in [-0.2, 0) is 9.59 Å². The minimum Gasteiger partial charge on any atom is -0.334 e. The fourth-order valence-corrected chi connectivity index (χ4v) is 5.61. The van der Waals surface area contributed by atoms with Gasteiger partial charge in [0.05, 0.1) is 27.3 Å². The molecule has 2 fully saturated rings. The molecule has 0 aliphatic carbocycles. The molecule has 6 nitrogen and oxygen atoms in total. The van der Waals surface area contributed by atoms with Crippen LogP contribution in [0.15, 0.2) is 42.5 Å². The zero-order valence-electron chi connectivity index (χ0n) is 17.7. The monoisotopic (exact) mass is 471 g/mol. The number of likely N-dealkylation sites (tertiary alicyclic amines) is 1. The lowest BCUT2D eigenvalue weighted by atomic mass is 9.98. The highest BCUT2D eigenvalue weighted by Gasteiger charge is 2.53. The summed E-state index contributed by atoms with van der Waals surface area (Å²) in [5.41, 5.74) is 1.16. The fraction of sp³-hybridized carbons (Fsp3) is 0.375. The first-order valence-corrected chi connectivity index (χ1v) is 11.6. The second kappa shape index (κ2) is 7.78. The number of rotatable bonds is 3. The summed E-state index contributed by atoms with van der Waals surface area (Å²) in [5, 5.41) is 0.932. The summed E-state index contributed by atoms with van der Waals surface area (Å²) in [5.74, 6) is -0.376. The Labute approximate surface area is 196 Å². The molecular formula is C24H23Cl2N3O3. The molecule has 0 N–H and O–H groups in total. The third kappa shape index (κ3) is 3.20. The van der Waals surface area contributed by atoms with Gasteiger partial charge in [0.25, 0.3) is 5.91 Å². The van der Waals surface area contributed by atoms with E-state index in [4.69, 9.17) is 23.2 Å². The van der Waals surface area contributed by atoms with Gasteiger partial charge in [-0.3, -0.25) is 19.3 Å². The van der Waals surface area contributed by atoms with Crippen molar-refractivity contribution in [3.63, 3.8) is 0 Å². The number of carbonyl (C=O) groups excluding carboxylic acids is 3. The van der Waals surface area contributed by atoms with Crippen molar-refractivity contribution in [1.82, 2.24) is 9.80 Å². The van der Waals surface area contributed by atoms with E-state index in [9.17, 15) is 14.4 Å². The molecule has 8 heteroatoms. The molecule has 3 amide bonds. The number of halogens is 2. The van der Waals surface area contributed by atoms with E-state index < -0.39 is 5.66 Å². The molecule has 2 aromatic rings. The van der Waals surface area contributed by atoms with Crippen LogP contribution in [0, 0.1) is 0 Å². The summed E-state index contributed by atoms with van der Waals surface area (Å²) in [6.45, 7) is 2.41. The molecule has 2 saturated heterocycles. The predicted octanol–water partition coefficient (Wildman–Crippen LogP) is 4.66. The molecule has 0 saturated carbocycles. The van der Waals surface area contributed by atoms with E-state index in [2.05, 4.69) is 0 Å². The number of nitrogens with zero attached hydrogens (tertiary/aromatic N) is 3. The molecule has 5 rings (SSSR count). The van der Waals surface area contributed by atoms with E-state index in [1.807, 2.05) is 24.0 Å². The Morgan fingerprint density at radius 3 is 2.69 bits per heavy atom. The van der Waals surface area contributed by atoms with Crippen LogP contribution in [0.4, 0.5) is 5.69 Å². The second-order valence-corrected chi connectivity index (χ2v) is 9.59. The Balaban J connectivity index is 1.45. The Hall–Kier alpha value is -2.57. The lowest BCUT2D eigenvalue weighted by Gasteiger charge is -2.48. The molecule has 2 unspecified atom stereocenters. The van der Waals surface area contributed by atoms with Crippen LogP contribution < -0.4 is 4.90 Å². The van der Waals surface area contributed by atoms with Gasteiger partial charge in [0.15, 0.2) is 0 Å².